The molecule has 0 aliphatic rings. The Balaban J connectivity index is 1.69. The molecule has 3 rings (SSSR count). The summed E-state index contributed by atoms with van der Waals surface area (Å²) in [5.74, 6) is 0.713. The average Bonchev–Trinajstić information content (AvgIpc) is 3.12. The van der Waals surface area contributed by atoms with Gasteiger partial charge in [-0.25, -0.2) is 4.68 Å². The van der Waals surface area contributed by atoms with E-state index in [9.17, 15) is 4.79 Å². The van der Waals surface area contributed by atoms with E-state index in [0.717, 1.165) is 17.0 Å². The molecule has 0 unspecified atom stereocenters. The number of carbonyl (C=O) groups excluding carboxylic acids is 1. The summed E-state index contributed by atoms with van der Waals surface area (Å²) in [7, 11) is 0. The molecule has 0 bridgehead atoms. The third-order valence-corrected chi connectivity index (χ3v) is 3.45. The number of carbonyl (C=O) groups is 1. The van der Waals surface area contributed by atoms with Gasteiger partial charge in [0, 0.05) is 0 Å². The van der Waals surface area contributed by atoms with Gasteiger partial charge in [-0.1, -0.05) is 29.5 Å². The van der Waals surface area contributed by atoms with Gasteiger partial charge in [0.05, 0.1) is 36.8 Å². The van der Waals surface area contributed by atoms with Crippen LogP contribution in [0.25, 0.3) is 5.69 Å². The molecule has 1 N–H and O–H groups in total. The van der Waals surface area contributed by atoms with Crippen molar-refractivity contribution < 1.29 is 9.53 Å². The van der Waals surface area contributed by atoms with Crippen LogP contribution in [0.5, 0.6) is 5.75 Å². The van der Waals surface area contributed by atoms with Gasteiger partial charge >= 0.3 is 0 Å². The zero-order valence-electron chi connectivity index (χ0n) is 13.3. The number of aromatic nitrogens is 3. The average molecular weight is 322 g/mol. The highest BCUT2D eigenvalue weighted by molar-refractivity contribution is 5.94. The minimum Gasteiger partial charge on any atom is -0.494 e. The van der Waals surface area contributed by atoms with Crippen molar-refractivity contribution in [2.24, 2.45) is 0 Å². The number of anilines is 1. The number of para-hydroxylation sites is 2. The smallest absolute Gasteiger partial charge is 0.228 e. The molecule has 1 heterocycles. The maximum absolute atomic E-state index is 12.3. The predicted octanol–water partition coefficient (Wildman–Crippen LogP) is 2.85. The summed E-state index contributed by atoms with van der Waals surface area (Å²) >= 11 is 0. The first-order valence-corrected chi connectivity index (χ1v) is 7.73. The Bertz CT molecular complexity index is 798. The Morgan fingerprint density at radius 2 is 1.96 bits per heavy atom. The first kappa shape index (κ1) is 15.7. The van der Waals surface area contributed by atoms with Gasteiger partial charge in [0.15, 0.2) is 0 Å². The van der Waals surface area contributed by atoms with E-state index in [4.69, 9.17) is 4.74 Å². The maximum atomic E-state index is 12.3. The van der Waals surface area contributed by atoms with Crippen LogP contribution < -0.4 is 10.1 Å². The molecule has 0 saturated carbocycles. The van der Waals surface area contributed by atoms with Gasteiger partial charge in [0.25, 0.3) is 0 Å². The normalized spacial score (nSPS) is 10.4. The van der Waals surface area contributed by atoms with Gasteiger partial charge in [-0.05, 0) is 36.8 Å². The number of hydrogen-bond acceptors (Lipinski definition) is 4. The highest BCUT2D eigenvalue weighted by Crippen LogP contribution is 2.19. The molecule has 0 saturated heterocycles. The predicted molar refractivity (Wildman–Crippen MR) is 91.3 cm³/mol. The summed E-state index contributed by atoms with van der Waals surface area (Å²) in [6, 6.07) is 15.0. The number of hydrogen-bond donors (Lipinski definition) is 1. The molecule has 0 radical (unpaired) electrons. The fraction of sp³-hybridized carbons (Fsp3) is 0.167. The molecule has 0 fully saturated rings. The van der Waals surface area contributed by atoms with Crippen molar-refractivity contribution in [1.82, 2.24) is 15.0 Å². The van der Waals surface area contributed by atoms with Crippen LogP contribution in [0.4, 0.5) is 5.69 Å². The van der Waals surface area contributed by atoms with Crippen LogP contribution in [0.3, 0.4) is 0 Å². The second kappa shape index (κ2) is 7.41. The molecule has 0 spiro atoms. The topological polar surface area (TPSA) is 69.0 Å². The van der Waals surface area contributed by atoms with E-state index in [0.29, 0.717) is 12.3 Å². The van der Waals surface area contributed by atoms with Crippen molar-refractivity contribution in [2.75, 3.05) is 11.9 Å². The van der Waals surface area contributed by atoms with E-state index in [1.807, 2.05) is 55.5 Å². The summed E-state index contributed by atoms with van der Waals surface area (Å²) in [6.07, 6.45) is 3.62. The molecular formula is C18H18N4O2. The van der Waals surface area contributed by atoms with Crippen LogP contribution in [0.15, 0.2) is 60.9 Å². The van der Waals surface area contributed by atoms with Gasteiger partial charge < -0.3 is 10.1 Å². The Hall–Kier alpha value is -3.15. The Morgan fingerprint density at radius 1 is 1.17 bits per heavy atom. The molecular weight excluding hydrogens is 304 g/mol. The third-order valence-electron chi connectivity index (χ3n) is 3.45. The largest absolute Gasteiger partial charge is 0.494 e. The van der Waals surface area contributed by atoms with E-state index in [1.165, 1.54) is 0 Å². The zero-order chi connectivity index (χ0) is 16.8. The standard InChI is InChI=1S/C18H18N4O2/c1-2-24-15-9-7-14(8-10-15)13-18(23)20-16-5-3-4-6-17(16)22-12-11-19-21-22/h3-12H,2,13H2,1H3,(H,20,23). The van der Waals surface area contributed by atoms with Gasteiger partial charge in [-0.3, -0.25) is 4.79 Å². The van der Waals surface area contributed by atoms with E-state index in [-0.39, 0.29) is 12.3 Å². The molecule has 0 aliphatic heterocycles. The summed E-state index contributed by atoms with van der Waals surface area (Å²) in [6.45, 7) is 2.56. The van der Waals surface area contributed by atoms with E-state index >= 15 is 0 Å². The molecule has 122 valence electrons. The van der Waals surface area contributed by atoms with Gasteiger partial charge in [-0.15, -0.1) is 5.10 Å². The minimum absolute atomic E-state index is 0.0910. The molecule has 6 nitrogen and oxygen atoms in total. The van der Waals surface area contributed by atoms with Gasteiger partial charge in [0.2, 0.25) is 5.91 Å². The monoisotopic (exact) mass is 322 g/mol. The maximum Gasteiger partial charge on any atom is 0.228 e. The van der Waals surface area contributed by atoms with Crippen molar-refractivity contribution in [1.29, 1.82) is 0 Å². The van der Waals surface area contributed by atoms with Gasteiger partial charge in [0.1, 0.15) is 5.75 Å². The van der Waals surface area contributed by atoms with Crippen LogP contribution in [-0.4, -0.2) is 27.5 Å². The number of nitrogens with zero attached hydrogens (tertiary/aromatic N) is 3. The second-order valence-electron chi connectivity index (χ2n) is 5.17. The lowest BCUT2D eigenvalue weighted by molar-refractivity contribution is -0.115. The first-order chi connectivity index (χ1) is 11.8. The first-order valence-electron chi connectivity index (χ1n) is 7.73. The summed E-state index contributed by atoms with van der Waals surface area (Å²) in [4.78, 5) is 12.3. The van der Waals surface area contributed by atoms with Crippen LogP contribution in [0, 0.1) is 0 Å². The fourth-order valence-electron chi connectivity index (χ4n) is 2.37. The van der Waals surface area contributed by atoms with E-state index < -0.39 is 0 Å². The number of ether oxygens (including phenoxy) is 1. The van der Waals surface area contributed by atoms with Gasteiger partial charge in [-0.2, -0.15) is 0 Å². The number of rotatable bonds is 6. The lowest BCUT2D eigenvalue weighted by Gasteiger charge is -2.11. The quantitative estimate of drug-likeness (QED) is 0.757. The van der Waals surface area contributed by atoms with Crippen molar-refractivity contribution in [3.63, 3.8) is 0 Å². The molecule has 2 aromatic carbocycles. The van der Waals surface area contributed by atoms with Crippen LogP contribution >= 0.6 is 0 Å². The molecule has 6 heteroatoms. The lowest BCUT2D eigenvalue weighted by atomic mass is 10.1. The fourth-order valence-corrected chi connectivity index (χ4v) is 2.37. The summed E-state index contributed by atoms with van der Waals surface area (Å²) < 4.78 is 7.02. The minimum atomic E-state index is -0.0910. The number of amides is 1. The highest BCUT2D eigenvalue weighted by atomic mass is 16.5. The van der Waals surface area contributed by atoms with Crippen molar-refractivity contribution >= 4 is 11.6 Å². The molecule has 24 heavy (non-hydrogen) atoms. The van der Waals surface area contributed by atoms with E-state index in [1.54, 1.807) is 17.1 Å². The number of benzene rings is 2. The Morgan fingerprint density at radius 3 is 2.67 bits per heavy atom. The van der Waals surface area contributed by atoms with Crippen LogP contribution in [-0.2, 0) is 11.2 Å². The van der Waals surface area contributed by atoms with Crippen LogP contribution in [0.2, 0.25) is 0 Å². The highest BCUT2D eigenvalue weighted by Gasteiger charge is 2.09. The third kappa shape index (κ3) is 3.78. The van der Waals surface area contributed by atoms with E-state index in [2.05, 4.69) is 15.6 Å². The van der Waals surface area contributed by atoms with Crippen molar-refractivity contribution in [2.45, 2.75) is 13.3 Å². The zero-order valence-corrected chi connectivity index (χ0v) is 13.3. The number of nitrogens with one attached hydrogen (secondary N) is 1. The SMILES string of the molecule is CCOc1ccc(CC(=O)Nc2ccccc2-n2ccnn2)cc1. The Kier molecular flexibility index (Phi) is 4.86. The molecule has 3 aromatic rings. The Labute approximate surface area is 140 Å². The summed E-state index contributed by atoms with van der Waals surface area (Å²) in [5, 5.41) is 10.7. The van der Waals surface area contributed by atoms with Crippen LogP contribution in [0.1, 0.15) is 12.5 Å². The van der Waals surface area contributed by atoms with Crippen molar-refractivity contribution in [3.05, 3.63) is 66.5 Å². The summed E-state index contributed by atoms with van der Waals surface area (Å²) in [5.41, 5.74) is 2.39. The second-order valence-corrected chi connectivity index (χ2v) is 5.17. The molecule has 0 aliphatic carbocycles. The molecule has 0 atom stereocenters. The lowest BCUT2D eigenvalue weighted by Crippen LogP contribution is -2.16. The molecule has 1 aromatic heterocycles. The molecule has 1 amide bonds. The van der Waals surface area contributed by atoms with Crippen molar-refractivity contribution in [3.8, 4) is 11.4 Å².